The number of para-hydroxylation sites is 1. The molecule has 1 amide bonds. The van der Waals surface area contributed by atoms with E-state index in [1.807, 2.05) is 41.2 Å². The van der Waals surface area contributed by atoms with Gasteiger partial charge in [-0.25, -0.2) is 10.2 Å². The quantitative estimate of drug-likeness (QED) is 0.384. The summed E-state index contributed by atoms with van der Waals surface area (Å²) >= 11 is 0. The number of rotatable bonds is 6. The van der Waals surface area contributed by atoms with Gasteiger partial charge in [-0.2, -0.15) is 5.10 Å². The van der Waals surface area contributed by atoms with Crippen molar-refractivity contribution in [2.24, 2.45) is 0 Å². The molecule has 3 aromatic rings. The van der Waals surface area contributed by atoms with Crippen LogP contribution in [0.5, 0.6) is 0 Å². The van der Waals surface area contributed by atoms with Crippen LogP contribution >= 0.6 is 0 Å². The summed E-state index contributed by atoms with van der Waals surface area (Å²) in [6.45, 7) is 1.90. The Morgan fingerprint density at radius 2 is 1.93 bits per heavy atom. The van der Waals surface area contributed by atoms with Crippen molar-refractivity contribution in [2.45, 2.75) is 25.4 Å². The molecule has 1 atom stereocenters. The van der Waals surface area contributed by atoms with E-state index < -0.39 is 5.91 Å². The molecule has 6 nitrogen and oxygen atoms in total. The highest BCUT2D eigenvalue weighted by Crippen LogP contribution is 2.33. The van der Waals surface area contributed by atoms with Gasteiger partial charge in [-0.1, -0.05) is 42.5 Å². The third kappa shape index (κ3) is 4.45. The molecule has 6 heteroatoms. The summed E-state index contributed by atoms with van der Waals surface area (Å²) < 4.78 is 2.01. The van der Waals surface area contributed by atoms with E-state index in [4.69, 9.17) is 5.21 Å². The molecule has 2 aromatic carbocycles. The SMILES string of the molecule is O=C(/C=C/c1ccc([C@@H]2CCCN2Cc2ccnn2-c2ccccc2)cc1)NO. The number of carbonyl (C=O) groups is 1. The lowest BCUT2D eigenvalue weighted by molar-refractivity contribution is -0.124. The summed E-state index contributed by atoms with van der Waals surface area (Å²) in [6.07, 6.45) is 7.14. The number of nitrogens with one attached hydrogen (secondary N) is 1. The van der Waals surface area contributed by atoms with Crippen LogP contribution in [0.2, 0.25) is 0 Å². The molecule has 29 heavy (non-hydrogen) atoms. The Morgan fingerprint density at radius 1 is 1.14 bits per heavy atom. The van der Waals surface area contributed by atoms with Gasteiger partial charge in [0.2, 0.25) is 0 Å². The molecule has 2 N–H and O–H groups in total. The smallest absolute Gasteiger partial charge is 0.267 e. The zero-order valence-electron chi connectivity index (χ0n) is 16.1. The maximum Gasteiger partial charge on any atom is 0.267 e. The largest absolute Gasteiger partial charge is 0.291 e. The third-order valence-corrected chi connectivity index (χ3v) is 5.31. The highest BCUT2D eigenvalue weighted by Gasteiger charge is 2.26. The first-order chi connectivity index (χ1) is 14.2. The van der Waals surface area contributed by atoms with Crippen molar-refractivity contribution in [3.63, 3.8) is 0 Å². The molecular weight excluding hydrogens is 364 g/mol. The molecule has 1 fully saturated rings. The number of amides is 1. The monoisotopic (exact) mass is 388 g/mol. The number of hydrogen-bond acceptors (Lipinski definition) is 4. The maximum absolute atomic E-state index is 11.1. The van der Waals surface area contributed by atoms with Crippen LogP contribution in [0.4, 0.5) is 0 Å². The summed E-state index contributed by atoms with van der Waals surface area (Å²) in [4.78, 5) is 13.6. The second-order valence-electron chi connectivity index (χ2n) is 7.17. The van der Waals surface area contributed by atoms with Crippen molar-refractivity contribution >= 4 is 12.0 Å². The van der Waals surface area contributed by atoms with E-state index in [9.17, 15) is 4.79 Å². The van der Waals surface area contributed by atoms with Crippen molar-refractivity contribution in [2.75, 3.05) is 6.54 Å². The van der Waals surface area contributed by atoms with Gasteiger partial charge in [0, 0.05) is 24.9 Å². The average Bonchev–Trinajstić information content (AvgIpc) is 3.43. The molecule has 2 heterocycles. The van der Waals surface area contributed by atoms with Gasteiger partial charge < -0.3 is 0 Å². The molecule has 0 saturated carbocycles. The van der Waals surface area contributed by atoms with Crippen molar-refractivity contribution in [1.82, 2.24) is 20.2 Å². The second-order valence-corrected chi connectivity index (χ2v) is 7.17. The van der Waals surface area contributed by atoms with E-state index in [2.05, 4.69) is 40.3 Å². The zero-order chi connectivity index (χ0) is 20.1. The summed E-state index contributed by atoms with van der Waals surface area (Å²) in [5.41, 5.74) is 6.04. The zero-order valence-corrected chi connectivity index (χ0v) is 16.1. The molecule has 0 bridgehead atoms. The lowest BCUT2D eigenvalue weighted by Crippen LogP contribution is -2.24. The molecule has 0 aliphatic carbocycles. The van der Waals surface area contributed by atoms with Crippen LogP contribution < -0.4 is 5.48 Å². The number of aromatic nitrogens is 2. The van der Waals surface area contributed by atoms with Crippen molar-refractivity contribution in [3.05, 3.63) is 89.8 Å². The highest BCUT2D eigenvalue weighted by molar-refractivity contribution is 5.90. The first-order valence-corrected chi connectivity index (χ1v) is 9.79. The fourth-order valence-electron chi connectivity index (χ4n) is 3.89. The average molecular weight is 388 g/mol. The fraction of sp³-hybridized carbons (Fsp3) is 0.217. The van der Waals surface area contributed by atoms with Gasteiger partial charge in [-0.15, -0.1) is 0 Å². The summed E-state index contributed by atoms with van der Waals surface area (Å²) in [5.74, 6) is -0.536. The van der Waals surface area contributed by atoms with Crippen LogP contribution in [-0.2, 0) is 11.3 Å². The second kappa shape index (κ2) is 8.86. The van der Waals surface area contributed by atoms with Crippen LogP contribution in [-0.4, -0.2) is 32.3 Å². The Hall–Kier alpha value is -3.22. The normalized spacial score (nSPS) is 17.1. The van der Waals surface area contributed by atoms with Gasteiger partial charge in [-0.3, -0.25) is 14.9 Å². The number of benzene rings is 2. The van der Waals surface area contributed by atoms with Crippen molar-refractivity contribution in [3.8, 4) is 5.69 Å². The number of hydroxylamine groups is 1. The molecule has 4 rings (SSSR count). The van der Waals surface area contributed by atoms with E-state index in [0.29, 0.717) is 6.04 Å². The Balaban J connectivity index is 1.49. The maximum atomic E-state index is 11.1. The van der Waals surface area contributed by atoms with Crippen molar-refractivity contribution < 1.29 is 10.0 Å². The van der Waals surface area contributed by atoms with E-state index in [0.717, 1.165) is 30.8 Å². The minimum atomic E-state index is -0.536. The topological polar surface area (TPSA) is 70.4 Å². The molecule has 0 unspecified atom stereocenters. The summed E-state index contributed by atoms with van der Waals surface area (Å²) in [5, 5.41) is 13.1. The van der Waals surface area contributed by atoms with E-state index >= 15 is 0 Å². The van der Waals surface area contributed by atoms with Gasteiger partial charge >= 0.3 is 0 Å². The van der Waals surface area contributed by atoms with Gasteiger partial charge in [-0.05, 0) is 54.8 Å². The fourth-order valence-corrected chi connectivity index (χ4v) is 3.89. The third-order valence-electron chi connectivity index (χ3n) is 5.31. The van der Waals surface area contributed by atoms with Crippen LogP contribution in [0.1, 0.15) is 35.7 Å². The van der Waals surface area contributed by atoms with Gasteiger partial charge in [0.1, 0.15) is 0 Å². The Bertz CT molecular complexity index is 980. The van der Waals surface area contributed by atoms with Crippen LogP contribution in [0.25, 0.3) is 11.8 Å². The molecule has 1 aromatic heterocycles. The predicted molar refractivity (Wildman–Crippen MR) is 111 cm³/mol. The number of hydrogen-bond donors (Lipinski definition) is 2. The highest BCUT2D eigenvalue weighted by atomic mass is 16.5. The van der Waals surface area contributed by atoms with Crippen LogP contribution in [0, 0.1) is 0 Å². The van der Waals surface area contributed by atoms with Crippen molar-refractivity contribution in [1.29, 1.82) is 0 Å². The lowest BCUT2D eigenvalue weighted by atomic mass is 10.0. The molecule has 1 saturated heterocycles. The standard InChI is InChI=1S/C23H24N4O2/c28-23(25-29)13-10-18-8-11-19(12-9-18)22-7-4-16-26(22)17-21-14-15-24-27(21)20-5-2-1-3-6-20/h1-3,5-6,8-15,22,29H,4,7,16-17H2,(H,25,28)/b13-10+/t22-/m0/s1. The van der Waals surface area contributed by atoms with E-state index in [1.54, 1.807) is 11.6 Å². The Morgan fingerprint density at radius 3 is 2.69 bits per heavy atom. The summed E-state index contributed by atoms with van der Waals surface area (Å²) in [7, 11) is 0. The molecular formula is C23H24N4O2. The molecule has 1 aliphatic heterocycles. The summed E-state index contributed by atoms with van der Waals surface area (Å²) in [6, 6.07) is 20.9. The van der Waals surface area contributed by atoms with Crippen LogP contribution in [0.3, 0.4) is 0 Å². The number of carbonyl (C=O) groups excluding carboxylic acids is 1. The van der Waals surface area contributed by atoms with Gasteiger partial charge in [0.15, 0.2) is 0 Å². The molecule has 148 valence electrons. The Labute approximate surface area is 170 Å². The number of likely N-dealkylation sites (tertiary alicyclic amines) is 1. The molecule has 0 radical (unpaired) electrons. The minimum Gasteiger partial charge on any atom is -0.291 e. The first-order valence-electron chi connectivity index (χ1n) is 9.79. The number of nitrogens with zero attached hydrogens (tertiary/aromatic N) is 3. The molecule has 0 spiro atoms. The van der Waals surface area contributed by atoms with E-state index in [-0.39, 0.29) is 0 Å². The lowest BCUT2D eigenvalue weighted by Gasteiger charge is -2.25. The first kappa shape index (κ1) is 19.1. The van der Waals surface area contributed by atoms with E-state index in [1.165, 1.54) is 23.8 Å². The minimum absolute atomic E-state index is 0.368. The Kier molecular flexibility index (Phi) is 5.84. The van der Waals surface area contributed by atoms with Gasteiger partial charge in [0.25, 0.3) is 5.91 Å². The van der Waals surface area contributed by atoms with Gasteiger partial charge in [0.05, 0.1) is 11.4 Å². The predicted octanol–water partition coefficient (Wildman–Crippen LogP) is 3.73. The van der Waals surface area contributed by atoms with Crippen LogP contribution in [0.15, 0.2) is 72.9 Å². The molecule has 1 aliphatic rings.